The minimum atomic E-state index is -0.997. The number of fused-ring (bicyclic) bond motifs is 1. The zero-order valence-electron chi connectivity index (χ0n) is 13.8. The number of benzene rings is 1. The Morgan fingerprint density at radius 3 is 3.04 bits per heavy atom. The van der Waals surface area contributed by atoms with Gasteiger partial charge in [-0.15, -0.1) is 0 Å². The van der Waals surface area contributed by atoms with Gasteiger partial charge in [0.15, 0.2) is 5.82 Å². The average molecular weight is 345 g/mol. The van der Waals surface area contributed by atoms with Gasteiger partial charge in [-0.05, 0) is 37.1 Å². The zero-order chi connectivity index (χ0) is 17.8. The molecule has 2 aromatic rings. The molecule has 2 N–H and O–H groups in total. The maximum absolute atomic E-state index is 12.4. The number of hydrogen-bond acceptors (Lipinski definition) is 5. The molecule has 8 nitrogen and oxygen atoms in total. The molecular formula is C17H19N3O5. The van der Waals surface area contributed by atoms with Crippen molar-refractivity contribution < 1.29 is 24.2 Å². The van der Waals surface area contributed by atoms with Crippen molar-refractivity contribution in [1.29, 1.82) is 0 Å². The van der Waals surface area contributed by atoms with Crippen LogP contribution in [0, 0.1) is 5.92 Å². The number of carboxylic acids is 1. The van der Waals surface area contributed by atoms with Crippen LogP contribution < -0.4 is 14.8 Å². The topological polar surface area (TPSA) is 103 Å². The summed E-state index contributed by atoms with van der Waals surface area (Å²) >= 11 is 0. The Morgan fingerprint density at radius 1 is 1.44 bits per heavy atom. The summed E-state index contributed by atoms with van der Waals surface area (Å²) in [4.78, 5) is 23.1. The second-order valence-electron chi connectivity index (χ2n) is 5.70. The summed E-state index contributed by atoms with van der Waals surface area (Å²) in [7, 11) is 0. The molecule has 2 heterocycles. The van der Waals surface area contributed by atoms with Crippen LogP contribution in [0.1, 0.15) is 12.5 Å². The summed E-state index contributed by atoms with van der Waals surface area (Å²) in [5.74, 6) is 0.266. The number of carbonyl (C=O) groups is 2. The van der Waals surface area contributed by atoms with Crippen molar-refractivity contribution in [2.24, 2.45) is 5.92 Å². The van der Waals surface area contributed by atoms with Crippen molar-refractivity contribution >= 4 is 17.7 Å². The lowest BCUT2D eigenvalue weighted by Gasteiger charge is -2.24. The number of nitrogens with zero attached hydrogens (tertiary/aromatic N) is 2. The van der Waals surface area contributed by atoms with E-state index in [2.05, 4.69) is 10.4 Å². The van der Waals surface area contributed by atoms with Gasteiger partial charge in [-0.3, -0.25) is 14.3 Å². The number of anilines is 1. The number of hydrogen-bond donors (Lipinski definition) is 2. The Kier molecular flexibility index (Phi) is 4.87. The Hall–Kier alpha value is -3.03. The number of aromatic nitrogens is 2. The van der Waals surface area contributed by atoms with Crippen molar-refractivity contribution in [2.75, 3.05) is 18.5 Å². The third-order valence-corrected chi connectivity index (χ3v) is 3.81. The predicted octanol–water partition coefficient (Wildman–Crippen LogP) is 1.56. The van der Waals surface area contributed by atoms with E-state index in [1.165, 1.54) is 10.9 Å². The fourth-order valence-corrected chi connectivity index (χ4v) is 2.68. The summed E-state index contributed by atoms with van der Waals surface area (Å²) in [6.45, 7) is 2.51. The maximum Gasteiger partial charge on any atom is 0.325 e. The highest BCUT2D eigenvalue weighted by atomic mass is 16.5. The van der Waals surface area contributed by atoms with Crippen molar-refractivity contribution in [3.05, 3.63) is 36.0 Å². The van der Waals surface area contributed by atoms with Crippen LogP contribution in [-0.2, 0) is 22.6 Å². The number of rotatable bonds is 6. The summed E-state index contributed by atoms with van der Waals surface area (Å²) in [6, 6.07) is 7.14. The van der Waals surface area contributed by atoms with Gasteiger partial charge in [-0.25, -0.2) is 0 Å². The second-order valence-corrected chi connectivity index (χ2v) is 5.70. The van der Waals surface area contributed by atoms with Crippen LogP contribution in [0.5, 0.6) is 11.5 Å². The predicted molar refractivity (Wildman–Crippen MR) is 88.8 cm³/mol. The molecule has 3 rings (SSSR count). The van der Waals surface area contributed by atoms with E-state index in [1.54, 1.807) is 6.07 Å². The van der Waals surface area contributed by atoms with Gasteiger partial charge in [0.1, 0.15) is 24.7 Å². The van der Waals surface area contributed by atoms with Crippen LogP contribution in [0.2, 0.25) is 0 Å². The van der Waals surface area contributed by atoms with Crippen LogP contribution >= 0.6 is 0 Å². The molecule has 1 atom stereocenters. The quantitative estimate of drug-likeness (QED) is 0.823. The Labute approximate surface area is 144 Å². The molecule has 1 aromatic heterocycles. The molecule has 1 amide bonds. The fourth-order valence-electron chi connectivity index (χ4n) is 2.68. The van der Waals surface area contributed by atoms with E-state index in [4.69, 9.17) is 14.6 Å². The average Bonchev–Trinajstić information content (AvgIpc) is 3.00. The zero-order valence-corrected chi connectivity index (χ0v) is 13.8. The van der Waals surface area contributed by atoms with Crippen LogP contribution in [0.3, 0.4) is 0 Å². The molecule has 1 aliphatic heterocycles. The molecule has 0 fully saturated rings. The first-order valence-corrected chi connectivity index (χ1v) is 7.99. The van der Waals surface area contributed by atoms with E-state index in [0.29, 0.717) is 18.8 Å². The van der Waals surface area contributed by atoms with E-state index < -0.39 is 5.97 Å². The van der Waals surface area contributed by atoms with E-state index in [0.717, 1.165) is 17.1 Å². The first-order chi connectivity index (χ1) is 12.0. The molecule has 8 heteroatoms. The highest BCUT2D eigenvalue weighted by molar-refractivity contribution is 5.92. The lowest BCUT2D eigenvalue weighted by molar-refractivity contribution is -0.137. The van der Waals surface area contributed by atoms with Gasteiger partial charge in [-0.1, -0.05) is 0 Å². The monoisotopic (exact) mass is 345 g/mol. The van der Waals surface area contributed by atoms with E-state index in [1.807, 2.05) is 25.1 Å². The Morgan fingerprint density at radius 2 is 2.28 bits per heavy atom. The lowest BCUT2D eigenvalue weighted by Crippen LogP contribution is -2.32. The second kappa shape index (κ2) is 7.25. The smallest absolute Gasteiger partial charge is 0.325 e. The third-order valence-electron chi connectivity index (χ3n) is 3.81. The van der Waals surface area contributed by atoms with Crippen molar-refractivity contribution in [1.82, 2.24) is 9.78 Å². The van der Waals surface area contributed by atoms with Gasteiger partial charge in [0, 0.05) is 12.3 Å². The fraction of sp³-hybridized carbons (Fsp3) is 0.353. The SMILES string of the molecule is CCOc1ccc2c(c1)C[C@@H](C(=O)Nc1ccn(CC(=O)O)n1)CO2. The largest absolute Gasteiger partial charge is 0.494 e. The van der Waals surface area contributed by atoms with Gasteiger partial charge in [0.2, 0.25) is 5.91 Å². The number of aliphatic carboxylic acids is 1. The van der Waals surface area contributed by atoms with Crippen LogP contribution in [0.15, 0.2) is 30.5 Å². The van der Waals surface area contributed by atoms with Gasteiger partial charge in [0.25, 0.3) is 0 Å². The molecular weight excluding hydrogens is 326 g/mol. The molecule has 0 bridgehead atoms. The summed E-state index contributed by atoms with van der Waals surface area (Å²) in [6.07, 6.45) is 2.04. The molecule has 0 saturated heterocycles. The van der Waals surface area contributed by atoms with Crippen LogP contribution in [0.4, 0.5) is 5.82 Å². The molecule has 0 spiro atoms. The number of nitrogens with one attached hydrogen (secondary N) is 1. The third kappa shape index (κ3) is 4.09. The number of ether oxygens (including phenoxy) is 2. The summed E-state index contributed by atoms with van der Waals surface area (Å²) in [5.41, 5.74) is 0.925. The van der Waals surface area contributed by atoms with Crippen molar-refractivity contribution in [2.45, 2.75) is 19.9 Å². The summed E-state index contributed by atoms with van der Waals surface area (Å²) < 4.78 is 12.4. The van der Waals surface area contributed by atoms with E-state index >= 15 is 0 Å². The molecule has 0 aliphatic carbocycles. The Bertz CT molecular complexity index is 786. The van der Waals surface area contributed by atoms with Crippen molar-refractivity contribution in [3.63, 3.8) is 0 Å². The minimum Gasteiger partial charge on any atom is -0.494 e. The van der Waals surface area contributed by atoms with Gasteiger partial charge >= 0.3 is 5.97 Å². The van der Waals surface area contributed by atoms with Gasteiger partial charge < -0.3 is 19.9 Å². The molecule has 0 unspecified atom stereocenters. The molecule has 1 aliphatic rings. The molecule has 1 aromatic carbocycles. The standard InChI is InChI=1S/C17H19N3O5/c1-2-24-13-3-4-14-11(8-13)7-12(10-25-14)17(23)18-15-5-6-20(19-15)9-16(21)22/h3-6,8,12H,2,7,9-10H2,1H3,(H,21,22)(H,18,19,23)/t12-/m1/s1. The van der Waals surface area contributed by atoms with Crippen LogP contribution in [0.25, 0.3) is 0 Å². The number of amides is 1. The first kappa shape index (κ1) is 16.8. The van der Waals surface area contributed by atoms with Gasteiger partial charge in [-0.2, -0.15) is 5.10 Å². The Balaban J connectivity index is 1.64. The normalized spacial score (nSPS) is 15.8. The molecule has 132 valence electrons. The lowest BCUT2D eigenvalue weighted by atomic mass is 9.96. The first-order valence-electron chi connectivity index (χ1n) is 7.99. The summed E-state index contributed by atoms with van der Waals surface area (Å²) in [5, 5.41) is 15.5. The molecule has 0 saturated carbocycles. The van der Waals surface area contributed by atoms with Gasteiger partial charge in [0.05, 0.1) is 12.5 Å². The minimum absolute atomic E-state index is 0.215. The van der Waals surface area contributed by atoms with Crippen LogP contribution in [-0.4, -0.2) is 40.0 Å². The number of carbonyl (C=O) groups excluding carboxylic acids is 1. The molecule has 25 heavy (non-hydrogen) atoms. The molecule has 0 radical (unpaired) electrons. The highest BCUT2D eigenvalue weighted by Gasteiger charge is 2.27. The van der Waals surface area contributed by atoms with E-state index in [-0.39, 0.29) is 25.0 Å². The van der Waals surface area contributed by atoms with Crippen molar-refractivity contribution in [3.8, 4) is 11.5 Å². The van der Waals surface area contributed by atoms with E-state index in [9.17, 15) is 9.59 Å². The highest BCUT2D eigenvalue weighted by Crippen LogP contribution is 2.31. The number of carboxylic acid groups (broad SMARTS) is 1. The maximum atomic E-state index is 12.4.